The smallest absolute Gasteiger partial charge is 0.160 e. The van der Waals surface area contributed by atoms with E-state index >= 15 is 0 Å². The van der Waals surface area contributed by atoms with E-state index in [1.54, 1.807) is 0 Å². The van der Waals surface area contributed by atoms with Gasteiger partial charge in [0.1, 0.15) is 11.3 Å². The fraction of sp³-hybridized carbons (Fsp3) is 0.600. The first kappa shape index (κ1) is 14.4. The van der Waals surface area contributed by atoms with Crippen LogP contribution in [0, 0.1) is 0 Å². The molecule has 21 heavy (non-hydrogen) atoms. The Balaban J connectivity index is 1.77. The number of nitrogens with zero attached hydrogens (tertiary/aromatic N) is 4. The second-order valence-electron chi connectivity index (χ2n) is 5.31. The van der Waals surface area contributed by atoms with Crippen LogP contribution in [-0.2, 0) is 17.7 Å². The van der Waals surface area contributed by atoms with Gasteiger partial charge >= 0.3 is 0 Å². The molecule has 0 atom stereocenters. The lowest BCUT2D eigenvalue weighted by Gasteiger charge is -2.26. The van der Waals surface area contributed by atoms with Crippen molar-refractivity contribution in [2.45, 2.75) is 19.4 Å². The summed E-state index contributed by atoms with van der Waals surface area (Å²) >= 11 is 0. The number of fused-ring (bicyclic) bond motifs is 1. The Hall–Kier alpha value is -1.50. The number of morpholine rings is 1. The lowest BCUT2D eigenvalue weighted by atomic mass is 10.3. The third-order valence-corrected chi connectivity index (χ3v) is 3.88. The molecule has 3 rings (SSSR count). The van der Waals surface area contributed by atoms with Crippen LogP contribution in [0.2, 0.25) is 0 Å². The van der Waals surface area contributed by atoms with Crippen molar-refractivity contribution in [3.05, 3.63) is 24.2 Å². The molecule has 0 bridgehead atoms. The summed E-state index contributed by atoms with van der Waals surface area (Å²) in [5.74, 6) is 1.02. The molecule has 114 valence electrons. The molecule has 1 saturated heterocycles. The number of aliphatic hydroxyl groups excluding tert-OH is 1. The number of aryl methyl sites for hydroxylation is 1. The Morgan fingerprint density at radius 1 is 1.24 bits per heavy atom. The Morgan fingerprint density at radius 2 is 2.10 bits per heavy atom. The number of rotatable bonds is 6. The molecular weight excluding hydrogens is 268 g/mol. The van der Waals surface area contributed by atoms with E-state index in [9.17, 15) is 0 Å². The van der Waals surface area contributed by atoms with Gasteiger partial charge in [0.15, 0.2) is 5.65 Å². The van der Waals surface area contributed by atoms with Gasteiger partial charge in [-0.2, -0.15) is 0 Å². The highest BCUT2D eigenvalue weighted by atomic mass is 16.5. The average Bonchev–Trinajstić information content (AvgIpc) is 2.89. The normalized spacial score (nSPS) is 16.6. The zero-order valence-electron chi connectivity index (χ0n) is 12.2. The molecule has 0 amide bonds. The van der Waals surface area contributed by atoms with Crippen LogP contribution >= 0.6 is 0 Å². The second-order valence-corrected chi connectivity index (χ2v) is 5.31. The van der Waals surface area contributed by atoms with Gasteiger partial charge < -0.3 is 14.4 Å². The molecule has 6 nitrogen and oxygen atoms in total. The summed E-state index contributed by atoms with van der Waals surface area (Å²) in [4.78, 5) is 11.5. The van der Waals surface area contributed by atoms with E-state index < -0.39 is 0 Å². The molecule has 2 aromatic rings. The zero-order valence-corrected chi connectivity index (χ0v) is 12.2. The van der Waals surface area contributed by atoms with Crippen LogP contribution in [0.15, 0.2) is 18.3 Å². The SMILES string of the molecule is OCCCc1nc2cccnc2n1CCN1CCOCC1. The zero-order chi connectivity index (χ0) is 14.5. The molecule has 1 N–H and O–H groups in total. The standard InChI is InChI=1S/C15H22N4O2/c20-10-2-4-14-17-13-3-1-5-16-15(13)19(14)7-6-18-8-11-21-12-9-18/h1,3,5,20H,2,4,6-12H2. The number of hydrogen-bond donors (Lipinski definition) is 1. The number of hydrogen-bond acceptors (Lipinski definition) is 5. The minimum absolute atomic E-state index is 0.195. The molecule has 0 radical (unpaired) electrons. The number of pyridine rings is 1. The predicted octanol–water partition coefficient (Wildman–Crippen LogP) is 0.688. The Labute approximate surface area is 124 Å². The quantitative estimate of drug-likeness (QED) is 0.848. The van der Waals surface area contributed by atoms with Crippen molar-refractivity contribution in [2.24, 2.45) is 0 Å². The minimum Gasteiger partial charge on any atom is -0.396 e. The van der Waals surface area contributed by atoms with E-state index in [0.29, 0.717) is 0 Å². The van der Waals surface area contributed by atoms with Crippen molar-refractivity contribution in [1.82, 2.24) is 19.4 Å². The van der Waals surface area contributed by atoms with Gasteiger partial charge in [0.2, 0.25) is 0 Å². The fourth-order valence-corrected chi connectivity index (χ4v) is 2.73. The van der Waals surface area contributed by atoms with Crippen LogP contribution in [0.3, 0.4) is 0 Å². The minimum atomic E-state index is 0.195. The molecule has 0 saturated carbocycles. The van der Waals surface area contributed by atoms with E-state index in [1.807, 2.05) is 18.3 Å². The third-order valence-electron chi connectivity index (χ3n) is 3.88. The second kappa shape index (κ2) is 6.98. The van der Waals surface area contributed by atoms with E-state index in [0.717, 1.165) is 69.2 Å². The molecule has 0 aromatic carbocycles. The molecule has 3 heterocycles. The lowest BCUT2D eigenvalue weighted by Crippen LogP contribution is -2.38. The monoisotopic (exact) mass is 290 g/mol. The van der Waals surface area contributed by atoms with Gasteiger partial charge in [-0.3, -0.25) is 4.90 Å². The number of aliphatic hydroxyl groups is 1. The van der Waals surface area contributed by atoms with Crippen molar-refractivity contribution >= 4 is 11.2 Å². The van der Waals surface area contributed by atoms with Gasteiger partial charge in [0, 0.05) is 45.4 Å². The highest BCUT2D eigenvalue weighted by Gasteiger charge is 2.14. The number of aromatic nitrogens is 3. The van der Waals surface area contributed by atoms with Crippen LogP contribution in [0.5, 0.6) is 0 Å². The first-order chi connectivity index (χ1) is 10.4. The fourth-order valence-electron chi connectivity index (χ4n) is 2.73. The lowest BCUT2D eigenvalue weighted by molar-refractivity contribution is 0.0364. The molecule has 6 heteroatoms. The van der Waals surface area contributed by atoms with E-state index in [2.05, 4.69) is 19.4 Å². The highest BCUT2D eigenvalue weighted by molar-refractivity contribution is 5.71. The van der Waals surface area contributed by atoms with Gasteiger partial charge in [-0.25, -0.2) is 9.97 Å². The summed E-state index contributed by atoms with van der Waals surface area (Å²) in [5, 5.41) is 9.05. The number of imidazole rings is 1. The Bertz CT molecular complexity index is 578. The van der Waals surface area contributed by atoms with E-state index in [4.69, 9.17) is 9.84 Å². The molecule has 1 aliphatic rings. The van der Waals surface area contributed by atoms with Gasteiger partial charge in [0.25, 0.3) is 0 Å². The molecule has 2 aromatic heterocycles. The highest BCUT2D eigenvalue weighted by Crippen LogP contribution is 2.15. The van der Waals surface area contributed by atoms with Crippen LogP contribution < -0.4 is 0 Å². The summed E-state index contributed by atoms with van der Waals surface area (Å²) in [6, 6.07) is 3.91. The summed E-state index contributed by atoms with van der Waals surface area (Å²) in [6.45, 7) is 5.69. The molecule has 0 spiro atoms. The maximum atomic E-state index is 9.05. The van der Waals surface area contributed by atoms with Gasteiger partial charge in [-0.05, 0) is 18.6 Å². The van der Waals surface area contributed by atoms with Crippen molar-refractivity contribution in [2.75, 3.05) is 39.5 Å². The molecule has 0 aliphatic carbocycles. The molecule has 0 unspecified atom stereocenters. The largest absolute Gasteiger partial charge is 0.396 e. The van der Waals surface area contributed by atoms with Gasteiger partial charge in [0.05, 0.1) is 13.2 Å². The number of ether oxygens (including phenoxy) is 1. The molecule has 1 fully saturated rings. The van der Waals surface area contributed by atoms with Crippen LogP contribution in [-0.4, -0.2) is 64.0 Å². The predicted molar refractivity (Wildman–Crippen MR) is 80.2 cm³/mol. The summed E-state index contributed by atoms with van der Waals surface area (Å²) in [6.07, 6.45) is 3.34. The Kier molecular flexibility index (Phi) is 4.80. The first-order valence-corrected chi connectivity index (χ1v) is 7.59. The summed E-state index contributed by atoms with van der Waals surface area (Å²) in [7, 11) is 0. The molecule has 1 aliphatic heterocycles. The van der Waals surface area contributed by atoms with Crippen LogP contribution in [0.1, 0.15) is 12.2 Å². The van der Waals surface area contributed by atoms with Crippen molar-refractivity contribution < 1.29 is 9.84 Å². The summed E-state index contributed by atoms with van der Waals surface area (Å²) in [5.41, 5.74) is 1.88. The third kappa shape index (κ3) is 3.40. The molecular formula is C15H22N4O2. The van der Waals surface area contributed by atoms with E-state index in [-0.39, 0.29) is 6.61 Å². The Morgan fingerprint density at radius 3 is 2.90 bits per heavy atom. The van der Waals surface area contributed by atoms with Gasteiger partial charge in [-0.1, -0.05) is 0 Å². The maximum Gasteiger partial charge on any atom is 0.160 e. The van der Waals surface area contributed by atoms with Crippen LogP contribution in [0.25, 0.3) is 11.2 Å². The maximum absolute atomic E-state index is 9.05. The first-order valence-electron chi connectivity index (χ1n) is 7.59. The van der Waals surface area contributed by atoms with Crippen molar-refractivity contribution in [3.63, 3.8) is 0 Å². The van der Waals surface area contributed by atoms with Gasteiger partial charge in [-0.15, -0.1) is 0 Å². The average molecular weight is 290 g/mol. The van der Waals surface area contributed by atoms with E-state index in [1.165, 1.54) is 0 Å². The van der Waals surface area contributed by atoms with Crippen molar-refractivity contribution in [3.8, 4) is 0 Å². The van der Waals surface area contributed by atoms with Crippen LogP contribution in [0.4, 0.5) is 0 Å². The van der Waals surface area contributed by atoms with Crippen molar-refractivity contribution in [1.29, 1.82) is 0 Å². The summed E-state index contributed by atoms with van der Waals surface area (Å²) < 4.78 is 7.58. The topological polar surface area (TPSA) is 63.4 Å².